The van der Waals surface area contributed by atoms with Crippen LogP contribution in [0.4, 0.5) is 14.5 Å². The van der Waals surface area contributed by atoms with Crippen molar-refractivity contribution in [3.8, 4) is 0 Å². The maximum absolute atomic E-state index is 12.8. The Kier molecular flexibility index (Phi) is 4.59. The largest absolute Gasteiger partial charge is 0.399 e. The van der Waals surface area contributed by atoms with Gasteiger partial charge in [0.2, 0.25) is 0 Å². The zero-order chi connectivity index (χ0) is 12.3. The number of rotatable bonds is 4. The zero-order valence-electron chi connectivity index (χ0n) is 9.71. The standard InChI is InChI=1S/C12H17F2NS/c1-7(2)8(3)16-11-5-4-9(15)6-10(11)12(13)14/h4-8,12H,15H2,1-3H3. The van der Waals surface area contributed by atoms with E-state index >= 15 is 0 Å². The summed E-state index contributed by atoms with van der Waals surface area (Å²) in [6.07, 6.45) is -2.47. The maximum atomic E-state index is 12.8. The Morgan fingerprint density at radius 1 is 1.19 bits per heavy atom. The molecule has 0 aliphatic heterocycles. The van der Waals surface area contributed by atoms with Gasteiger partial charge in [-0.15, -0.1) is 11.8 Å². The molecule has 1 nitrogen and oxygen atoms in total. The number of hydrogen-bond acceptors (Lipinski definition) is 2. The van der Waals surface area contributed by atoms with Gasteiger partial charge in [0.25, 0.3) is 6.43 Å². The summed E-state index contributed by atoms with van der Waals surface area (Å²) in [5.74, 6) is 0.452. The van der Waals surface area contributed by atoms with Gasteiger partial charge in [0.05, 0.1) is 0 Å². The number of nitrogens with two attached hydrogens (primary N) is 1. The molecular formula is C12H17F2NS. The van der Waals surface area contributed by atoms with Crippen molar-refractivity contribution < 1.29 is 8.78 Å². The van der Waals surface area contributed by atoms with Crippen LogP contribution in [0.1, 0.15) is 32.8 Å². The minimum absolute atomic E-state index is 0.0394. The molecule has 0 saturated heterocycles. The smallest absolute Gasteiger partial charge is 0.265 e. The summed E-state index contributed by atoms with van der Waals surface area (Å²) in [6.45, 7) is 6.20. The molecule has 1 atom stereocenters. The third-order valence-corrected chi connectivity index (χ3v) is 4.06. The lowest BCUT2D eigenvalue weighted by molar-refractivity contribution is 0.148. The molecule has 1 aromatic rings. The van der Waals surface area contributed by atoms with Crippen molar-refractivity contribution in [1.29, 1.82) is 0 Å². The van der Waals surface area contributed by atoms with Crippen molar-refractivity contribution in [1.82, 2.24) is 0 Å². The van der Waals surface area contributed by atoms with Crippen LogP contribution < -0.4 is 5.73 Å². The zero-order valence-corrected chi connectivity index (χ0v) is 10.5. The van der Waals surface area contributed by atoms with Crippen LogP contribution in [0.3, 0.4) is 0 Å². The van der Waals surface area contributed by atoms with Crippen LogP contribution in [0.15, 0.2) is 23.1 Å². The Morgan fingerprint density at radius 2 is 1.81 bits per heavy atom. The molecule has 4 heteroatoms. The Balaban J connectivity index is 2.95. The molecule has 0 saturated carbocycles. The van der Waals surface area contributed by atoms with E-state index in [1.54, 1.807) is 12.1 Å². The summed E-state index contributed by atoms with van der Waals surface area (Å²) >= 11 is 1.48. The van der Waals surface area contributed by atoms with E-state index in [0.29, 0.717) is 21.8 Å². The van der Waals surface area contributed by atoms with Gasteiger partial charge in [-0.2, -0.15) is 0 Å². The van der Waals surface area contributed by atoms with Crippen molar-refractivity contribution in [2.45, 2.75) is 37.3 Å². The fourth-order valence-electron chi connectivity index (χ4n) is 1.18. The predicted octanol–water partition coefficient (Wildman–Crippen LogP) is 4.34. The second-order valence-corrected chi connectivity index (χ2v) is 5.58. The highest BCUT2D eigenvalue weighted by Crippen LogP contribution is 2.36. The summed E-state index contributed by atoms with van der Waals surface area (Å²) in [5, 5.41) is 0.307. The van der Waals surface area contributed by atoms with Gasteiger partial charge in [-0.05, 0) is 24.1 Å². The normalized spacial score (nSPS) is 13.4. The molecule has 0 aliphatic carbocycles. The molecule has 0 radical (unpaired) electrons. The van der Waals surface area contributed by atoms with Gasteiger partial charge < -0.3 is 5.73 Å². The van der Waals surface area contributed by atoms with E-state index in [1.807, 2.05) is 6.92 Å². The first-order valence-corrected chi connectivity index (χ1v) is 6.14. The van der Waals surface area contributed by atoms with Crippen LogP contribution in [0.5, 0.6) is 0 Å². The maximum Gasteiger partial charge on any atom is 0.265 e. The van der Waals surface area contributed by atoms with Crippen molar-refractivity contribution in [2.75, 3.05) is 5.73 Å². The third kappa shape index (κ3) is 3.37. The summed E-state index contributed by atoms with van der Waals surface area (Å²) in [7, 11) is 0. The van der Waals surface area contributed by atoms with Crippen molar-refractivity contribution in [3.63, 3.8) is 0 Å². The van der Waals surface area contributed by atoms with E-state index in [2.05, 4.69) is 13.8 Å². The molecule has 1 unspecified atom stereocenters. The number of hydrogen-bond donors (Lipinski definition) is 1. The van der Waals surface area contributed by atoms with E-state index in [1.165, 1.54) is 17.8 Å². The lowest BCUT2D eigenvalue weighted by Gasteiger charge is -2.17. The highest BCUT2D eigenvalue weighted by atomic mass is 32.2. The number of halogens is 2. The monoisotopic (exact) mass is 245 g/mol. The van der Waals surface area contributed by atoms with E-state index in [-0.39, 0.29) is 5.56 Å². The molecule has 0 spiro atoms. The lowest BCUT2D eigenvalue weighted by atomic mass is 10.2. The van der Waals surface area contributed by atoms with E-state index < -0.39 is 6.43 Å². The number of alkyl halides is 2. The molecule has 16 heavy (non-hydrogen) atoms. The van der Waals surface area contributed by atoms with Gasteiger partial charge in [-0.25, -0.2) is 8.78 Å². The molecule has 0 amide bonds. The van der Waals surface area contributed by atoms with E-state index in [9.17, 15) is 8.78 Å². The summed E-state index contributed by atoms with van der Waals surface area (Å²) in [6, 6.07) is 4.71. The minimum atomic E-state index is -2.47. The van der Waals surface area contributed by atoms with Gasteiger partial charge in [-0.1, -0.05) is 20.8 Å². The highest BCUT2D eigenvalue weighted by molar-refractivity contribution is 8.00. The number of thioether (sulfide) groups is 1. The average Bonchev–Trinajstić information content (AvgIpc) is 2.20. The Hall–Kier alpha value is -0.770. The van der Waals surface area contributed by atoms with E-state index in [4.69, 9.17) is 5.73 Å². The average molecular weight is 245 g/mol. The summed E-state index contributed by atoms with van der Waals surface area (Å²) in [4.78, 5) is 0.630. The van der Waals surface area contributed by atoms with Crippen molar-refractivity contribution in [3.05, 3.63) is 23.8 Å². The van der Waals surface area contributed by atoms with Crippen LogP contribution >= 0.6 is 11.8 Å². The first-order valence-electron chi connectivity index (χ1n) is 5.26. The Labute approximate surface area is 99.4 Å². The molecule has 0 aliphatic rings. The minimum Gasteiger partial charge on any atom is -0.399 e. The Morgan fingerprint density at radius 3 is 2.31 bits per heavy atom. The van der Waals surface area contributed by atoms with Gasteiger partial charge >= 0.3 is 0 Å². The molecule has 0 heterocycles. The van der Waals surface area contributed by atoms with Crippen molar-refractivity contribution >= 4 is 17.4 Å². The topological polar surface area (TPSA) is 26.0 Å². The third-order valence-electron chi connectivity index (χ3n) is 2.52. The van der Waals surface area contributed by atoms with Crippen LogP contribution in [-0.4, -0.2) is 5.25 Å². The molecule has 2 N–H and O–H groups in total. The number of nitrogen functional groups attached to an aromatic ring is 1. The summed E-state index contributed by atoms with van der Waals surface area (Å²) < 4.78 is 25.6. The molecular weight excluding hydrogens is 228 g/mol. The fraction of sp³-hybridized carbons (Fsp3) is 0.500. The van der Waals surface area contributed by atoms with Crippen LogP contribution in [0.25, 0.3) is 0 Å². The van der Waals surface area contributed by atoms with Crippen LogP contribution in [-0.2, 0) is 0 Å². The number of anilines is 1. The van der Waals surface area contributed by atoms with Gasteiger partial charge in [0.1, 0.15) is 0 Å². The predicted molar refractivity (Wildman–Crippen MR) is 66.0 cm³/mol. The Bertz CT molecular complexity index is 353. The molecule has 0 aromatic heterocycles. The second-order valence-electron chi connectivity index (χ2n) is 4.16. The summed E-state index contributed by atoms with van der Waals surface area (Å²) in [5.41, 5.74) is 5.94. The molecule has 1 aromatic carbocycles. The van der Waals surface area contributed by atoms with Crippen LogP contribution in [0, 0.1) is 5.92 Å². The van der Waals surface area contributed by atoms with Gasteiger partial charge in [0, 0.05) is 21.4 Å². The molecule has 0 bridgehead atoms. The van der Waals surface area contributed by atoms with E-state index in [0.717, 1.165) is 0 Å². The highest BCUT2D eigenvalue weighted by Gasteiger charge is 2.17. The fourth-order valence-corrected chi connectivity index (χ4v) is 2.28. The van der Waals surface area contributed by atoms with Crippen molar-refractivity contribution in [2.24, 2.45) is 5.92 Å². The molecule has 0 fully saturated rings. The van der Waals surface area contributed by atoms with Gasteiger partial charge in [0.15, 0.2) is 0 Å². The quantitative estimate of drug-likeness (QED) is 0.630. The second kappa shape index (κ2) is 5.53. The lowest BCUT2D eigenvalue weighted by Crippen LogP contribution is -2.06. The molecule has 90 valence electrons. The first-order chi connectivity index (χ1) is 7.41. The molecule has 1 rings (SSSR count). The first kappa shape index (κ1) is 13.3. The SMILES string of the molecule is CC(C)C(C)Sc1ccc(N)cc1C(F)F. The number of benzene rings is 1. The van der Waals surface area contributed by atoms with Crippen LogP contribution in [0.2, 0.25) is 0 Å². The van der Waals surface area contributed by atoms with Gasteiger partial charge in [-0.3, -0.25) is 0 Å².